The number of nitrogens with one attached hydrogen (secondary N) is 3. The average Bonchev–Trinajstić information content (AvgIpc) is 2.81. The second kappa shape index (κ2) is 11.7. The molecule has 11 heteroatoms. The Kier molecular flexibility index (Phi) is 8.69. The summed E-state index contributed by atoms with van der Waals surface area (Å²) in [4.78, 5) is 26.2. The van der Waals surface area contributed by atoms with Gasteiger partial charge in [-0.1, -0.05) is 22.0 Å². The lowest BCUT2D eigenvalue weighted by Gasteiger charge is -2.23. The molecule has 35 heavy (non-hydrogen) atoms. The maximum atomic E-state index is 13.4. The molecule has 3 rings (SSSR count). The number of hydrogen-bond donors (Lipinski definition) is 3. The summed E-state index contributed by atoms with van der Waals surface area (Å²) in [7, 11) is 0. The van der Waals surface area contributed by atoms with Crippen molar-refractivity contribution < 1.29 is 27.2 Å². The van der Waals surface area contributed by atoms with E-state index in [-0.39, 0.29) is 18.8 Å². The lowest BCUT2D eigenvalue weighted by atomic mass is 10.2. The smallest absolute Gasteiger partial charge is 0.338 e. The van der Waals surface area contributed by atoms with Gasteiger partial charge in [-0.15, -0.1) is 0 Å². The van der Waals surface area contributed by atoms with Gasteiger partial charge in [-0.2, -0.15) is 13.2 Å². The molecule has 3 N–H and O–H groups in total. The highest BCUT2D eigenvalue weighted by molar-refractivity contribution is 9.10. The molecular weight excluding hydrogens is 532 g/mol. The number of carbonyl (C=O) groups is 2. The van der Waals surface area contributed by atoms with Crippen molar-refractivity contribution in [2.45, 2.75) is 12.6 Å². The van der Waals surface area contributed by atoms with Crippen LogP contribution in [-0.4, -0.2) is 25.2 Å². The minimum absolute atomic E-state index is 0.0380. The Balaban J connectivity index is 1.62. The Labute approximate surface area is 207 Å². The van der Waals surface area contributed by atoms with E-state index in [0.29, 0.717) is 17.8 Å². The van der Waals surface area contributed by atoms with Crippen LogP contribution in [0.15, 0.2) is 77.3 Å². The number of anilines is 3. The summed E-state index contributed by atoms with van der Waals surface area (Å²) in [5.74, 6) is -0.502. The summed E-state index contributed by atoms with van der Waals surface area (Å²) in [5, 5.41) is 7.78. The van der Waals surface area contributed by atoms with Gasteiger partial charge in [0.2, 0.25) is 0 Å². The number of urea groups is 2. The van der Waals surface area contributed by atoms with Crippen LogP contribution in [0.1, 0.15) is 12.0 Å². The first-order valence-electron chi connectivity index (χ1n) is 10.4. The van der Waals surface area contributed by atoms with Crippen LogP contribution in [0.3, 0.4) is 0 Å². The third-order valence-corrected chi connectivity index (χ3v) is 5.30. The summed E-state index contributed by atoms with van der Waals surface area (Å²) in [5.41, 5.74) is 0.00264. The van der Waals surface area contributed by atoms with Crippen molar-refractivity contribution in [1.82, 2.24) is 5.32 Å². The molecule has 0 aliphatic rings. The first-order valence-corrected chi connectivity index (χ1v) is 11.2. The second-order valence-corrected chi connectivity index (χ2v) is 8.29. The van der Waals surface area contributed by atoms with Crippen molar-refractivity contribution in [3.8, 4) is 0 Å². The van der Waals surface area contributed by atoms with Crippen molar-refractivity contribution in [3.05, 3.63) is 88.6 Å². The number of halogens is 5. The molecule has 0 saturated carbocycles. The number of carbonyl (C=O) groups excluding carboxylic acids is 2. The molecule has 0 spiro atoms. The minimum atomic E-state index is -4.56. The number of rotatable bonds is 7. The Bertz CT molecular complexity index is 1160. The Morgan fingerprint density at radius 2 is 1.57 bits per heavy atom. The molecule has 3 aromatic carbocycles. The third-order valence-electron chi connectivity index (χ3n) is 4.77. The van der Waals surface area contributed by atoms with E-state index in [0.717, 1.165) is 16.6 Å². The van der Waals surface area contributed by atoms with Gasteiger partial charge in [-0.3, -0.25) is 4.90 Å². The van der Waals surface area contributed by atoms with E-state index in [2.05, 4.69) is 31.9 Å². The number of hydrogen-bond acceptors (Lipinski definition) is 2. The molecule has 0 aromatic heterocycles. The zero-order valence-corrected chi connectivity index (χ0v) is 19.8. The molecule has 3 aromatic rings. The number of alkyl halides is 3. The van der Waals surface area contributed by atoms with Gasteiger partial charge in [0.25, 0.3) is 0 Å². The van der Waals surface area contributed by atoms with Gasteiger partial charge in [0.05, 0.1) is 5.56 Å². The van der Waals surface area contributed by atoms with Crippen LogP contribution in [0.25, 0.3) is 0 Å². The molecule has 0 unspecified atom stereocenters. The van der Waals surface area contributed by atoms with Gasteiger partial charge >= 0.3 is 18.2 Å². The molecule has 0 aliphatic carbocycles. The fourth-order valence-corrected chi connectivity index (χ4v) is 3.35. The molecule has 0 saturated heterocycles. The van der Waals surface area contributed by atoms with E-state index in [1.807, 2.05) is 0 Å². The average molecular weight is 553 g/mol. The van der Waals surface area contributed by atoms with Crippen LogP contribution in [0, 0.1) is 5.82 Å². The molecule has 0 fully saturated rings. The van der Waals surface area contributed by atoms with Gasteiger partial charge in [-0.25, -0.2) is 14.0 Å². The predicted molar refractivity (Wildman–Crippen MR) is 130 cm³/mol. The highest BCUT2D eigenvalue weighted by atomic mass is 79.9. The van der Waals surface area contributed by atoms with Crippen molar-refractivity contribution in [2.75, 3.05) is 28.6 Å². The maximum Gasteiger partial charge on any atom is 0.416 e. The van der Waals surface area contributed by atoms with Crippen molar-refractivity contribution in [2.24, 2.45) is 0 Å². The molecule has 4 amide bonds. The second-order valence-electron chi connectivity index (χ2n) is 7.38. The predicted octanol–water partition coefficient (Wildman–Crippen LogP) is 6.86. The molecule has 0 atom stereocenters. The monoisotopic (exact) mass is 552 g/mol. The highest BCUT2D eigenvalue weighted by Crippen LogP contribution is 2.31. The van der Waals surface area contributed by atoms with Crippen molar-refractivity contribution in [3.63, 3.8) is 0 Å². The molecule has 0 heterocycles. The maximum absolute atomic E-state index is 13.4. The van der Waals surface area contributed by atoms with E-state index in [4.69, 9.17) is 0 Å². The largest absolute Gasteiger partial charge is 0.416 e. The SMILES string of the molecule is O=C(NCCCN(C(=O)Nc1cccc(C(F)(F)F)c1)c1ccc(F)cc1)Nc1ccc(Br)cc1. The molecule has 184 valence electrons. The Hall–Kier alpha value is -3.60. The summed E-state index contributed by atoms with van der Waals surface area (Å²) >= 11 is 3.31. The molecule has 6 nitrogen and oxygen atoms in total. The molecular formula is C24H21BrF4N4O2. The number of benzene rings is 3. The quantitative estimate of drug-likeness (QED) is 0.221. The summed E-state index contributed by atoms with van der Waals surface area (Å²) in [6.45, 7) is 0.311. The summed E-state index contributed by atoms with van der Waals surface area (Å²) < 4.78 is 53.2. The van der Waals surface area contributed by atoms with Crippen LogP contribution in [0.5, 0.6) is 0 Å². The fourth-order valence-electron chi connectivity index (χ4n) is 3.08. The van der Waals surface area contributed by atoms with Crippen LogP contribution in [0.2, 0.25) is 0 Å². The Morgan fingerprint density at radius 3 is 2.23 bits per heavy atom. The van der Waals surface area contributed by atoms with E-state index in [9.17, 15) is 27.2 Å². The zero-order chi connectivity index (χ0) is 25.4. The van der Waals surface area contributed by atoms with Gasteiger partial charge in [0.15, 0.2) is 0 Å². The fraction of sp³-hybridized carbons (Fsp3) is 0.167. The Morgan fingerprint density at radius 1 is 0.886 bits per heavy atom. The molecule has 0 bridgehead atoms. The van der Waals surface area contributed by atoms with E-state index in [1.165, 1.54) is 41.3 Å². The van der Waals surface area contributed by atoms with Crippen LogP contribution in [0.4, 0.5) is 44.2 Å². The van der Waals surface area contributed by atoms with E-state index in [1.54, 1.807) is 24.3 Å². The zero-order valence-electron chi connectivity index (χ0n) is 18.2. The van der Waals surface area contributed by atoms with Gasteiger partial charge in [0.1, 0.15) is 5.82 Å². The standard InChI is InChI=1S/C24H21BrF4N4O2/c25-17-5-9-19(10-6-17)31-22(34)30-13-2-14-33(21-11-7-18(26)8-12-21)23(35)32-20-4-1-3-16(15-20)24(27,28)29/h1,3-12,15H,2,13-14H2,(H,32,35)(H2,30,31,34). The first kappa shape index (κ1) is 26.0. The van der Waals surface area contributed by atoms with Crippen LogP contribution >= 0.6 is 15.9 Å². The summed E-state index contributed by atoms with van der Waals surface area (Å²) in [6.07, 6.45) is -4.24. The van der Waals surface area contributed by atoms with Crippen molar-refractivity contribution in [1.29, 1.82) is 0 Å². The summed E-state index contributed by atoms with van der Waals surface area (Å²) in [6, 6.07) is 15.2. The molecule has 0 aliphatic heterocycles. The van der Waals surface area contributed by atoms with Gasteiger partial charge in [0, 0.05) is 34.6 Å². The van der Waals surface area contributed by atoms with Crippen LogP contribution < -0.4 is 20.9 Å². The van der Waals surface area contributed by atoms with Gasteiger partial charge < -0.3 is 16.0 Å². The third kappa shape index (κ3) is 7.99. The van der Waals surface area contributed by atoms with Gasteiger partial charge in [-0.05, 0) is 73.2 Å². The topological polar surface area (TPSA) is 73.5 Å². The normalized spacial score (nSPS) is 11.0. The molecule has 0 radical (unpaired) electrons. The lowest BCUT2D eigenvalue weighted by molar-refractivity contribution is -0.137. The first-order chi connectivity index (χ1) is 16.6. The minimum Gasteiger partial charge on any atom is -0.338 e. The highest BCUT2D eigenvalue weighted by Gasteiger charge is 2.30. The van der Waals surface area contributed by atoms with Crippen molar-refractivity contribution >= 4 is 45.1 Å². The van der Waals surface area contributed by atoms with E-state index >= 15 is 0 Å². The lowest BCUT2D eigenvalue weighted by Crippen LogP contribution is -2.38. The van der Waals surface area contributed by atoms with E-state index < -0.39 is 29.6 Å². The number of amides is 4. The number of nitrogens with zero attached hydrogens (tertiary/aromatic N) is 1. The van der Waals surface area contributed by atoms with Crippen LogP contribution in [-0.2, 0) is 6.18 Å².